The maximum atomic E-state index is 2.63. The smallest absolute Gasteiger partial charge is 0.0691 e. The average Bonchev–Trinajstić information content (AvgIpc) is 3.22. The summed E-state index contributed by atoms with van der Waals surface area (Å²) in [5, 5.41) is 1.45. The Morgan fingerprint density at radius 1 is 0.880 bits per heavy atom. The monoisotopic (exact) mass is 328 g/mol. The number of hydrogen-bond acceptors (Lipinski definition) is 1. The van der Waals surface area contributed by atoms with Crippen molar-refractivity contribution in [1.82, 2.24) is 9.47 Å². The van der Waals surface area contributed by atoms with Crippen LogP contribution in [0.15, 0.2) is 60.2 Å². The standard InChI is InChI=1S/C23H24N2/c1-2-18-12-14-24-15-13-20-19-10-6-7-11-21(19)25(23(20)22(18)24)16-17-8-4-3-5-9-17/h3-11H,2,12-16H2,1H3. The molecule has 0 saturated carbocycles. The molecule has 2 aliphatic heterocycles. The van der Waals surface area contributed by atoms with E-state index >= 15 is 0 Å². The number of para-hydroxylation sites is 1. The number of fused-ring (bicyclic) bond motifs is 5. The second kappa shape index (κ2) is 5.80. The normalized spacial score (nSPS) is 16.4. The van der Waals surface area contributed by atoms with Crippen LogP contribution in [0.5, 0.6) is 0 Å². The Morgan fingerprint density at radius 2 is 1.64 bits per heavy atom. The lowest BCUT2D eigenvalue weighted by atomic mass is 9.99. The maximum absolute atomic E-state index is 2.63. The molecule has 0 atom stereocenters. The van der Waals surface area contributed by atoms with Crippen molar-refractivity contribution >= 4 is 16.6 Å². The predicted molar refractivity (Wildman–Crippen MR) is 105 cm³/mol. The van der Waals surface area contributed by atoms with Crippen molar-refractivity contribution in [3.05, 3.63) is 77.0 Å². The molecular formula is C23H24N2. The van der Waals surface area contributed by atoms with Crippen molar-refractivity contribution in [2.24, 2.45) is 0 Å². The molecule has 0 amide bonds. The van der Waals surface area contributed by atoms with Crippen molar-refractivity contribution in [1.29, 1.82) is 0 Å². The first-order chi connectivity index (χ1) is 12.4. The van der Waals surface area contributed by atoms with Gasteiger partial charge in [-0.2, -0.15) is 0 Å². The summed E-state index contributed by atoms with van der Waals surface area (Å²) in [7, 11) is 0. The van der Waals surface area contributed by atoms with Crippen LogP contribution in [0.2, 0.25) is 0 Å². The number of aromatic nitrogens is 1. The van der Waals surface area contributed by atoms with Crippen molar-refractivity contribution in [2.75, 3.05) is 13.1 Å². The molecule has 0 fully saturated rings. The quantitative estimate of drug-likeness (QED) is 0.651. The summed E-state index contributed by atoms with van der Waals surface area (Å²) in [6.07, 6.45) is 3.56. The van der Waals surface area contributed by atoms with Gasteiger partial charge in [0, 0.05) is 30.5 Å². The number of hydrogen-bond donors (Lipinski definition) is 0. The fourth-order valence-corrected chi connectivity index (χ4v) is 4.68. The number of nitrogens with zero attached hydrogens (tertiary/aromatic N) is 2. The molecule has 2 aliphatic rings. The summed E-state index contributed by atoms with van der Waals surface area (Å²) in [4.78, 5) is 2.63. The Kier molecular flexibility index (Phi) is 3.44. The van der Waals surface area contributed by atoms with Gasteiger partial charge < -0.3 is 9.47 Å². The van der Waals surface area contributed by atoms with E-state index in [0.29, 0.717) is 0 Å². The van der Waals surface area contributed by atoms with Crippen LogP contribution in [0.25, 0.3) is 16.6 Å². The van der Waals surface area contributed by atoms with Crippen LogP contribution < -0.4 is 0 Å². The molecule has 0 saturated heterocycles. The Labute approximate surface area is 149 Å². The van der Waals surface area contributed by atoms with Crippen molar-refractivity contribution in [2.45, 2.75) is 32.7 Å². The summed E-state index contributed by atoms with van der Waals surface area (Å²) in [6.45, 7) is 5.63. The third kappa shape index (κ3) is 2.24. The molecular weight excluding hydrogens is 304 g/mol. The fourth-order valence-electron chi connectivity index (χ4n) is 4.68. The summed E-state index contributed by atoms with van der Waals surface area (Å²) in [6, 6.07) is 19.8. The molecule has 0 aliphatic carbocycles. The van der Waals surface area contributed by atoms with Crippen LogP contribution in [-0.4, -0.2) is 22.6 Å². The van der Waals surface area contributed by atoms with E-state index in [-0.39, 0.29) is 0 Å². The Hall–Kier alpha value is -2.48. The van der Waals surface area contributed by atoms with Gasteiger partial charge in [-0.1, -0.05) is 55.5 Å². The van der Waals surface area contributed by atoms with Crippen molar-refractivity contribution in [3.63, 3.8) is 0 Å². The fraction of sp³-hybridized carbons (Fsp3) is 0.304. The molecule has 0 bridgehead atoms. The lowest BCUT2D eigenvalue weighted by molar-refractivity contribution is 0.414. The highest BCUT2D eigenvalue weighted by Crippen LogP contribution is 2.42. The molecule has 3 heterocycles. The van der Waals surface area contributed by atoms with E-state index in [9.17, 15) is 0 Å². The molecule has 2 nitrogen and oxygen atoms in total. The minimum atomic E-state index is 0.949. The van der Waals surface area contributed by atoms with Gasteiger partial charge in [-0.25, -0.2) is 0 Å². The van der Waals surface area contributed by atoms with Gasteiger partial charge in [0.1, 0.15) is 0 Å². The molecule has 2 heteroatoms. The van der Waals surface area contributed by atoms with E-state index in [1.54, 1.807) is 11.1 Å². The van der Waals surface area contributed by atoms with Gasteiger partial charge in [-0.15, -0.1) is 0 Å². The highest BCUT2D eigenvalue weighted by atomic mass is 15.2. The number of rotatable bonds is 3. The molecule has 1 aromatic heterocycles. The Balaban J connectivity index is 1.78. The molecule has 0 spiro atoms. The summed E-state index contributed by atoms with van der Waals surface area (Å²) < 4.78 is 2.57. The van der Waals surface area contributed by atoms with Gasteiger partial charge in [0.15, 0.2) is 0 Å². The average molecular weight is 328 g/mol. The highest BCUT2D eigenvalue weighted by molar-refractivity contribution is 5.91. The van der Waals surface area contributed by atoms with E-state index in [0.717, 1.165) is 19.4 Å². The number of benzene rings is 2. The molecule has 0 radical (unpaired) electrons. The van der Waals surface area contributed by atoms with Crippen molar-refractivity contribution in [3.8, 4) is 0 Å². The predicted octanol–water partition coefficient (Wildman–Crippen LogP) is 5.07. The van der Waals surface area contributed by atoms with Gasteiger partial charge in [0.25, 0.3) is 0 Å². The molecule has 3 aromatic rings. The molecule has 2 aromatic carbocycles. The van der Waals surface area contributed by atoms with Crippen LogP contribution in [0.4, 0.5) is 0 Å². The van der Waals surface area contributed by atoms with Crippen molar-refractivity contribution < 1.29 is 0 Å². The molecule has 126 valence electrons. The van der Waals surface area contributed by atoms with Crippen LogP contribution in [0.3, 0.4) is 0 Å². The third-order valence-corrected chi connectivity index (χ3v) is 5.88. The van der Waals surface area contributed by atoms with Crippen LogP contribution >= 0.6 is 0 Å². The zero-order valence-corrected chi connectivity index (χ0v) is 14.8. The van der Waals surface area contributed by atoms with E-state index in [2.05, 4.69) is 71.0 Å². The molecule has 25 heavy (non-hydrogen) atoms. The van der Waals surface area contributed by atoms with Gasteiger partial charge in [-0.05, 0) is 42.0 Å². The largest absolute Gasteiger partial charge is 0.369 e. The molecule has 5 rings (SSSR count). The zero-order chi connectivity index (χ0) is 16.8. The third-order valence-electron chi connectivity index (χ3n) is 5.88. The Morgan fingerprint density at radius 3 is 2.48 bits per heavy atom. The lowest BCUT2D eigenvalue weighted by Gasteiger charge is -2.30. The van der Waals surface area contributed by atoms with E-state index in [1.165, 1.54) is 47.4 Å². The van der Waals surface area contributed by atoms with Crippen LogP contribution in [0, 0.1) is 0 Å². The lowest BCUT2D eigenvalue weighted by Crippen LogP contribution is -2.28. The van der Waals surface area contributed by atoms with E-state index in [1.807, 2.05) is 0 Å². The summed E-state index contributed by atoms with van der Waals surface area (Å²) >= 11 is 0. The van der Waals surface area contributed by atoms with Crippen LogP contribution in [0.1, 0.15) is 36.6 Å². The maximum Gasteiger partial charge on any atom is 0.0691 e. The summed E-state index contributed by atoms with van der Waals surface area (Å²) in [5.41, 5.74) is 8.98. The first kappa shape index (κ1) is 14.8. The van der Waals surface area contributed by atoms with Gasteiger partial charge in [0.05, 0.1) is 11.4 Å². The SMILES string of the molecule is CCC1=C2c3c(c4ccccc4n3Cc3ccccc3)CCN2CC1. The highest BCUT2D eigenvalue weighted by Gasteiger charge is 2.32. The van der Waals surface area contributed by atoms with E-state index in [4.69, 9.17) is 0 Å². The van der Waals surface area contributed by atoms with Crippen LogP contribution in [-0.2, 0) is 13.0 Å². The molecule has 0 unspecified atom stereocenters. The Bertz CT molecular complexity index is 962. The van der Waals surface area contributed by atoms with Gasteiger partial charge in [0.2, 0.25) is 0 Å². The second-order valence-corrected chi connectivity index (χ2v) is 7.21. The minimum absolute atomic E-state index is 0.949. The molecule has 0 N–H and O–H groups in total. The summed E-state index contributed by atoms with van der Waals surface area (Å²) in [5.74, 6) is 0. The zero-order valence-electron chi connectivity index (χ0n) is 14.8. The van der Waals surface area contributed by atoms with Gasteiger partial charge in [-0.3, -0.25) is 0 Å². The van der Waals surface area contributed by atoms with E-state index < -0.39 is 0 Å². The first-order valence-corrected chi connectivity index (χ1v) is 9.48. The first-order valence-electron chi connectivity index (χ1n) is 9.48. The second-order valence-electron chi connectivity index (χ2n) is 7.21. The minimum Gasteiger partial charge on any atom is -0.369 e. The van der Waals surface area contributed by atoms with Gasteiger partial charge >= 0.3 is 0 Å². The topological polar surface area (TPSA) is 8.17 Å².